The normalized spacial score (nSPS) is 17.3. The Morgan fingerprint density at radius 3 is 2.84 bits per heavy atom. The number of aryl methyl sites for hydroxylation is 1. The summed E-state index contributed by atoms with van der Waals surface area (Å²) in [6.07, 6.45) is 0.360. The fourth-order valence-electron chi connectivity index (χ4n) is 3.07. The number of aromatic nitrogens is 2. The third kappa shape index (κ3) is 3.15. The number of amides is 1. The fraction of sp³-hybridized carbons (Fsp3) is 0.211. The zero-order valence-corrected chi connectivity index (χ0v) is 14.4. The van der Waals surface area contributed by atoms with Gasteiger partial charge in [0.05, 0.1) is 0 Å². The quantitative estimate of drug-likeness (QED) is 0.707. The van der Waals surface area contributed by atoms with Crippen LogP contribution < -0.4 is 4.90 Å². The lowest BCUT2D eigenvalue weighted by molar-refractivity contribution is -0.117. The van der Waals surface area contributed by atoms with Crippen molar-refractivity contribution in [1.29, 1.82) is 0 Å². The van der Waals surface area contributed by atoms with Gasteiger partial charge in [-0.15, -0.1) is 0 Å². The maximum atomic E-state index is 12.4. The van der Waals surface area contributed by atoms with Crippen LogP contribution in [-0.4, -0.2) is 22.6 Å². The van der Waals surface area contributed by atoms with E-state index < -0.39 is 0 Å². The molecule has 4 rings (SSSR count). The summed E-state index contributed by atoms with van der Waals surface area (Å²) in [5, 5.41) is 4.70. The highest BCUT2D eigenvalue weighted by Crippen LogP contribution is 2.32. The minimum absolute atomic E-state index is 0.0363. The van der Waals surface area contributed by atoms with Gasteiger partial charge in [-0.3, -0.25) is 4.79 Å². The molecule has 126 valence electrons. The van der Waals surface area contributed by atoms with E-state index in [4.69, 9.17) is 16.1 Å². The highest BCUT2D eigenvalue weighted by atomic mass is 35.5. The fourth-order valence-corrected chi connectivity index (χ4v) is 3.25. The lowest BCUT2D eigenvalue weighted by Gasteiger charge is -2.16. The van der Waals surface area contributed by atoms with Gasteiger partial charge >= 0.3 is 0 Å². The number of anilines is 1. The molecule has 2 heterocycles. The summed E-state index contributed by atoms with van der Waals surface area (Å²) in [5.74, 6) is 0.990. The van der Waals surface area contributed by atoms with Crippen LogP contribution in [0.25, 0.3) is 11.5 Å². The van der Waals surface area contributed by atoms with E-state index in [9.17, 15) is 4.79 Å². The Morgan fingerprint density at radius 2 is 2.04 bits per heavy atom. The topological polar surface area (TPSA) is 59.2 Å². The molecule has 1 aromatic heterocycles. The van der Waals surface area contributed by atoms with Gasteiger partial charge in [0.25, 0.3) is 5.89 Å². The van der Waals surface area contributed by atoms with Crippen molar-refractivity contribution in [2.45, 2.75) is 19.3 Å². The zero-order chi connectivity index (χ0) is 17.4. The molecule has 3 aromatic rings. The van der Waals surface area contributed by atoms with Crippen LogP contribution in [0.15, 0.2) is 53.1 Å². The molecule has 1 fully saturated rings. The van der Waals surface area contributed by atoms with Crippen LogP contribution in [0.4, 0.5) is 5.69 Å². The maximum absolute atomic E-state index is 12.4. The van der Waals surface area contributed by atoms with Gasteiger partial charge in [0.15, 0.2) is 5.82 Å². The highest BCUT2D eigenvalue weighted by Gasteiger charge is 2.34. The van der Waals surface area contributed by atoms with Crippen molar-refractivity contribution < 1.29 is 9.32 Å². The number of carbonyl (C=O) groups is 1. The minimum atomic E-state index is -0.0891. The Kier molecular flexibility index (Phi) is 4.01. The van der Waals surface area contributed by atoms with Gasteiger partial charge in [-0.2, -0.15) is 4.98 Å². The second-order valence-electron chi connectivity index (χ2n) is 6.21. The standard InChI is InChI=1S/C19H16ClN3O2/c1-12-4-2-5-13(8-12)19-21-18(22-25-19)14-9-17(24)23(11-14)16-7-3-6-15(20)10-16/h2-8,10,14H,9,11H2,1H3. The molecule has 5 nitrogen and oxygen atoms in total. The highest BCUT2D eigenvalue weighted by molar-refractivity contribution is 6.30. The predicted molar refractivity (Wildman–Crippen MR) is 95.6 cm³/mol. The average Bonchev–Trinajstić information content (AvgIpc) is 3.21. The number of carbonyl (C=O) groups excluding carboxylic acids is 1. The molecular weight excluding hydrogens is 338 g/mol. The molecule has 2 aromatic carbocycles. The number of nitrogens with zero attached hydrogens (tertiary/aromatic N) is 3. The van der Waals surface area contributed by atoms with Crippen LogP contribution in [0.3, 0.4) is 0 Å². The lowest BCUT2D eigenvalue weighted by atomic mass is 10.1. The Morgan fingerprint density at radius 1 is 1.20 bits per heavy atom. The summed E-state index contributed by atoms with van der Waals surface area (Å²) < 4.78 is 5.40. The van der Waals surface area contributed by atoms with Crippen LogP contribution in [0, 0.1) is 6.92 Å². The van der Waals surface area contributed by atoms with Crippen molar-refractivity contribution in [2.24, 2.45) is 0 Å². The largest absolute Gasteiger partial charge is 0.334 e. The Balaban J connectivity index is 1.57. The Labute approximate surface area is 150 Å². The van der Waals surface area contributed by atoms with E-state index in [2.05, 4.69) is 10.1 Å². The Hall–Kier alpha value is -2.66. The van der Waals surface area contributed by atoms with Crippen molar-refractivity contribution in [3.8, 4) is 11.5 Å². The van der Waals surface area contributed by atoms with E-state index in [1.54, 1.807) is 17.0 Å². The molecule has 6 heteroatoms. The molecule has 0 saturated carbocycles. The zero-order valence-electron chi connectivity index (χ0n) is 13.6. The number of hydrogen-bond acceptors (Lipinski definition) is 4. The van der Waals surface area contributed by atoms with Crippen molar-refractivity contribution >= 4 is 23.2 Å². The predicted octanol–water partition coefficient (Wildman–Crippen LogP) is 4.22. The summed E-state index contributed by atoms with van der Waals surface area (Å²) in [4.78, 5) is 18.6. The molecule has 1 amide bonds. The van der Waals surface area contributed by atoms with Gasteiger partial charge in [-0.05, 0) is 37.3 Å². The Bertz CT molecular complexity index is 938. The molecule has 0 spiro atoms. The van der Waals surface area contributed by atoms with Gasteiger partial charge in [0, 0.05) is 35.2 Å². The van der Waals surface area contributed by atoms with Crippen LogP contribution in [0.5, 0.6) is 0 Å². The first-order chi connectivity index (χ1) is 12.1. The maximum Gasteiger partial charge on any atom is 0.257 e. The molecule has 0 N–H and O–H groups in total. The number of hydrogen-bond donors (Lipinski definition) is 0. The van der Waals surface area contributed by atoms with E-state index in [-0.39, 0.29) is 11.8 Å². The van der Waals surface area contributed by atoms with Gasteiger partial charge in [-0.25, -0.2) is 0 Å². The second-order valence-corrected chi connectivity index (χ2v) is 6.65. The van der Waals surface area contributed by atoms with Crippen molar-refractivity contribution in [3.05, 3.63) is 64.9 Å². The van der Waals surface area contributed by atoms with E-state index in [1.165, 1.54) is 0 Å². The second kappa shape index (κ2) is 6.33. The molecule has 0 aliphatic carbocycles. The summed E-state index contributed by atoms with van der Waals surface area (Å²) in [7, 11) is 0. The van der Waals surface area contributed by atoms with Gasteiger partial charge in [-0.1, -0.05) is 40.5 Å². The minimum Gasteiger partial charge on any atom is -0.334 e. The molecule has 1 aliphatic rings. The lowest BCUT2D eigenvalue weighted by Crippen LogP contribution is -2.24. The number of halogens is 1. The van der Waals surface area contributed by atoms with E-state index in [0.29, 0.717) is 29.7 Å². The van der Waals surface area contributed by atoms with E-state index in [1.807, 2.05) is 43.3 Å². The van der Waals surface area contributed by atoms with Gasteiger partial charge < -0.3 is 9.42 Å². The number of benzene rings is 2. The molecule has 1 unspecified atom stereocenters. The van der Waals surface area contributed by atoms with Crippen LogP contribution in [0.1, 0.15) is 23.7 Å². The molecular formula is C19H16ClN3O2. The van der Waals surface area contributed by atoms with Crippen molar-refractivity contribution in [3.63, 3.8) is 0 Å². The van der Waals surface area contributed by atoms with E-state index >= 15 is 0 Å². The first-order valence-corrected chi connectivity index (χ1v) is 8.44. The van der Waals surface area contributed by atoms with Crippen LogP contribution in [-0.2, 0) is 4.79 Å². The molecule has 1 aliphatic heterocycles. The van der Waals surface area contributed by atoms with Crippen molar-refractivity contribution in [1.82, 2.24) is 10.1 Å². The SMILES string of the molecule is Cc1cccc(-c2nc(C3CC(=O)N(c4cccc(Cl)c4)C3)no2)c1. The third-order valence-corrected chi connectivity index (χ3v) is 4.55. The van der Waals surface area contributed by atoms with Gasteiger partial charge in [0.1, 0.15) is 0 Å². The molecule has 1 atom stereocenters. The van der Waals surface area contributed by atoms with Crippen molar-refractivity contribution in [2.75, 3.05) is 11.4 Å². The number of rotatable bonds is 3. The summed E-state index contributed by atoms with van der Waals surface area (Å²) in [6.45, 7) is 2.53. The third-order valence-electron chi connectivity index (χ3n) is 4.32. The monoisotopic (exact) mass is 353 g/mol. The molecule has 0 bridgehead atoms. The van der Waals surface area contributed by atoms with Crippen LogP contribution >= 0.6 is 11.6 Å². The van der Waals surface area contributed by atoms with Crippen LogP contribution in [0.2, 0.25) is 5.02 Å². The summed E-state index contributed by atoms with van der Waals surface area (Å²) in [6, 6.07) is 15.2. The summed E-state index contributed by atoms with van der Waals surface area (Å²) in [5.41, 5.74) is 2.80. The van der Waals surface area contributed by atoms with E-state index in [0.717, 1.165) is 16.8 Å². The first-order valence-electron chi connectivity index (χ1n) is 8.07. The molecule has 25 heavy (non-hydrogen) atoms. The summed E-state index contributed by atoms with van der Waals surface area (Å²) >= 11 is 6.03. The first kappa shape index (κ1) is 15.8. The smallest absolute Gasteiger partial charge is 0.257 e. The molecule has 1 saturated heterocycles. The molecule has 0 radical (unpaired) electrons. The average molecular weight is 354 g/mol. The van der Waals surface area contributed by atoms with Gasteiger partial charge in [0.2, 0.25) is 5.91 Å².